The molecule has 33 heavy (non-hydrogen) atoms. The van der Waals surface area contributed by atoms with E-state index < -0.39 is 0 Å². The number of carbonyl (C=O) groups excluding carboxylic acids is 1. The van der Waals surface area contributed by atoms with Crippen LogP contribution in [0, 0.1) is 5.92 Å². The molecule has 1 aromatic heterocycles. The molecule has 7 nitrogen and oxygen atoms in total. The van der Waals surface area contributed by atoms with Crippen LogP contribution in [0.5, 0.6) is 5.75 Å². The van der Waals surface area contributed by atoms with Crippen molar-refractivity contribution in [1.29, 1.82) is 0 Å². The molecule has 0 aliphatic rings. The lowest BCUT2D eigenvalue weighted by Gasteiger charge is -2.12. The minimum absolute atomic E-state index is 0.122. The van der Waals surface area contributed by atoms with Crippen LogP contribution < -0.4 is 15.4 Å². The van der Waals surface area contributed by atoms with E-state index in [4.69, 9.17) is 28.6 Å². The van der Waals surface area contributed by atoms with Gasteiger partial charge in [-0.1, -0.05) is 43.6 Å². The molecule has 0 aliphatic heterocycles. The summed E-state index contributed by atoms with van der Waals surface area (Å²) in [7, 11) is 0. The Morgan fingerprint density at radius 1 is 1.06 bits per heavy atom. The van der Waals surface area contributed by atoms with Crippen LogP contribution in [-0.4, -0.2) is 32.6 Å². The lowest BCUT2D eigenvalue weighted by molar-refractivity contribution is 0.0977. The van der Waals surface area contributed by atoms with Gasteiger partial charge >= 0.3 is 0 Å². The molecule has 0 atom stereocenters. The number of aromatic nitrogens is 3. The molecule has 0 bridgehead atoms. The lowest BCUT2D eigenvalue weighted by atomic mass is 10.2. The van der Waals surface area contributed by atoms with E-state index in [0.29, 0.717) is 45.6 Å². The summed E-state index contributed by atoms with van der Waals surface area (Å²) in [6.45, 7) is 4.76. The highest BCUT2D eigenvalue weighted by atomic mass is 35.5. The zero-order chi connectivity index (χ0) is 23.4. The standard InChI is InChI=1S/C24H22ClN5O2S/c1-15(2)14-32-18-10-8-16(9-11-18)23(31)27-24(33)26-20-13-22-21(12-19(20)25)28-30(29-22)17-6-4-3-5-7-17/h3-13,15H,14H2,1-2H3,(H2,26,27,31,33). The summed E-state index contributed by atoms with van der Waals surface area (Å²) >= 11 is 11.7. The molecule has 4 rings (SSSR count). The van der Waals surface area contributed by atoms with E-state index in [0.717, 1.165) is 5.69 Å². The zero-order valence-corrected chi connectivity index (χ0v) is 19.7. The van der Waals surface area contributed by atoms with E-state index in [1.807, 2.05) is 30.3 Å². The van der Waals surface area contributed by atoms with Gasteiger partial charge in [0.05, 0.1) is 23.0 Å². The number of amides is 1. The second-order valence-corrected chi connectivity index (χ2v) is 8.60. The number of anilines is 1. The third-order valence-corrected chi connectivity index (χ3v) is 5.15. The van der Waals surface area contributed by atoms with Crippen molar-refractivity contribution in [2.24, 2.45) is 5.92 Å². The molecule has 4 aromatic rings. The maximum Gasteiger partial charge on any atom is 0.257 e. The molecule has 0 spiro atoms. The molecular weight excluding hydrogens is 458 g/mol. The van der Waals surface area contributed by atoms with Gasteiger partial charge in [0.25, 0.3) is 5.91 Å². The van der Waals surface area contributed by atoms with E-state index in [2.05, 4.69) is 34.7 Å². The summed E-state index contributed by atoms with van der Waals surface area (Å²) in [5.74, 6) is 0.796. The molecule has 1 heterocycles. The number of ether oxygens (including phenoxy) is 1. The Kier molecular flexibility index (Phi) is 6.86. The average Bonchev–Trinajstić information content (AvgIpc) is 3.21. The predicted molar refractivity (Wildman–Crippen MR) is 134 cm³/mol. The predicted octanol–water partition coefficient (Wildman–Crippen LogP) is 5.24. The number of rotatable bonds is 6. The van der Waals surface area contributed by atoms with Crippen LogP contribution in [0.2, 0.25) is 5.02 Å². The van der Waals surface area contributed by atoms with Gasteiger partial charge in [0.15, 0.2) is 5.11 Å². The van der Waals surface area contributed by atoms with Gasteiger partial charge < -0.3 is 10.1 Å². The smallest absolute Gasteiger partial charge is 0.257 e. The van der Waals surface area contributed by atoms with Gasteiger partial charge in [-0.25, -0.2) is 0 Å². The summed E-state index contributed by atoms with van der Waals surface area (Å²) in [6, 6.07) is 19.9. The van der Waals surface area contributed by atoms with Crippen molar-refractivity contribution in [3.8, 4) is 11.4 Å². The first-order valence-electron chi connectivity index (χ1n) is 10.4. The molecule has 9 heteroatoms. The Balaban J connectivity index is 1.43. The van der Waals surface area contributed by atoms with Crippen LogP contribution in [0.1, 0.15) is 24.2 Å². The molecule has 0 saturated heterocycles. The summed E-state index contributed by atoms with van der Waals surface area (Å²) in [4.78, 5) is 14.1. The fourth-order valence-corrected chi connectivity index (χ4v) is 3.41. The average molecular weight is 480 g/mol. The van der Waals surface area contributed by atoms with Crippen LogP contribution in [0.15, 0.2) is 66.7 Å². The van der Waals surface area contributed by atoms with E-state index in [9.17, 15) is 4.79 Å². The Hall–Kier alpha value is -3.49. The van der Waals surface area contributed by atoms with Crippen molar-refractivity contribution in [3.05, 3.63) is 77.3 Å². The second kappa shape index (κ2) is 9.97. The molecule has 3 aromatic carbocycles. The molecule has 0 saturated carbocycles. The first-order chi connectivity index (χ1) is 15.9. The minimum atomic E-state index is -0.338. The molecule has 168 valence electrons. The maximum absolute atomic E-state index is 12.5. The van der Waals surface area contributed by atoms with Gasteiger partial charge in [0, 0.05) is 5.56 Å². The van der Waals surface area contributed by atoms with Gasteiger partial charge in [-0.15, -0.1) is 10.2 Å². The van der Waals surface area contributed by atoms with E-state index in [-0.39, 0.29) is 11.0 Å². The molecule has 1 amide bonds. The number of benzene rings is 3. The highest BCUT2D eigenvalue weighted by Crippen LogP contribution is 2.27. The molecular formula is C24H22ClN5O2S. The Morgan fingerprint density at radius 3 is 2.39 bits per heavy atom. The fraction of sp³-hybridized carbons (Fsp3) is 0.167. The zero-order valence-electron chi connectivity index (χ0n) is 18.1. The van der Waals surface area contributed by atoms with Gasteiger partial charge in [-0.2, -0.15) is 4.80 Å². The van der Waals surface area contributed by atoms with Crippen molar-refractivity contribution < 1.29 is 9.53 Å². The van der Waals surface area contributed by atoms with E-state index >= 15 is 0 Å². The fourth-order valence-electron chi connectivity index (χ4n) is 3.00. The number of hydrogen-bond donors (Lipinski definition) is 2. The van der Waals surface area contributed by atoms with Crippen LogP contribution in [-0.2, 0) is 0 Å². The SMILES string of the molecule is CC(C)COc1ccc(C(=O)NC(=S)Nc2cc3nn(-c4ccccc4)nc3cc2Cl)cc1. The number of thiocarbonyl (C=S) groups is 1. The third-order valence-electron chi connectivity index (χ3n) is 4.63. The quantitative estimate of drug-likeness (QED) is 0.368. The molecule has 0 fully saturated rings. The molecule has 0 aliphatic carbocycles. The van der Waals surface area contributed by atoms with Crippen LogP contribution >= 0.6 is 23.8 Å². The largest absolute Gasteiger partial charge is 0.493 e. The van der Waals surface area contributed by atoms with Crippen molar-refractivity contribution in [1.82, 2.24) is 20.3 Å². The third kappa shape index (κ3) is 5.66. The van der Waals surface area contributed by atoms with Crippen molar-refractivity contribution >= 4 is 51.6 Å². The summed E-state index contributed by atoms with van der Waals surface area (Å²) in [6.07, 6.45) is 0. The number of carbonyl (C=O) groups is 1. The van der Waals surface area contributed by atoms with Gasteiger partial charge in [0.1, 0.15) is 16.8 Å². The Labute approximate surface area is 201 Å². The van der Waals surface area contributed by atoms with Crippen molar-refractivity contribution in [2.75, 3.05) is 11.9 Å². The number of fused-ring (bicyclic) bond motifs is 1. The van der Waals surface area contributed by atoms with Crippen molar-refractivity contribution in [2.45, 2.75) is 13.8 Å². The van der Waals surface area contributed by atoms with E-state index in [1.54, 1.807) is 41.2 Å². The van der Waals surface area contributed by atoms with Gasteiger partial charge in [-0.05, 0) is 66.7 Å². The lowest BCUT2D eigenvalue weighted by Crippen LogP contribution is -2.34. The normalized spacial score (nSPS) is 10.9. The number of para-hydroxylation sites is 1. The monoisotopic (exact) mass is 479 g/mol. The summed E-state index contributed by atoms with van der Waals surface area (Å²) in [5.41, 5.74) is 3.10. The van der Waals surface area contributed by atoms with Crippen LogP contribution in [0.4, 0.5) is 5.69 Å². The number of nitrogens with zero attached hydrogens (tertiary/aromatic N) is 3. The highest BCUT2D eigenvalue weighted by molar-refractivity contribution is 7.80. The summed E-state index contributed by atoms with van der Waals surface area (Å²) < 4.78 is 5.64. The molecule has 0 unspecified atom stereocenters. The molecule has 2 N–H and O–H groups in total. The minimum Gasteiger partial charge on any atom is -0.493 e. The number of nitrogens with one attached hydrogen (secondary N) is 2. The summed E-state index contributed by atoms with van der Waals surface area (Å²) in [5, 5.41) is 15.1. The maximum atomic E-state index is 12.5. The van der Waals surface area contributed by atoms with Crippen molar-refractivity contribution in [3.63, 3.8) is 0 Å². The van der Waals surface area contributed by atoms with Gasteiger partial charge in [0.2, 0.25) is 0 Å². The molecule has 0 radical (unpaired) electrons. The van der Waals surface area contributed by atoms with Gasteiger partial charge in [-0.3, -0.25) is 10.1 Å². The highest BCUT2D eigenvalue weighted by Gasteiger charge is 2.13. The first-order valence-corrected chi connectivity index (χ1v) is 11.1. The topological polar surface area (TPSA) is 81.1 Å². The second-order valence-electron chi connectivity index (χ2n) is 7.78. The number of hydrogen-bond acceptors (Lipinski definition) is 5. The van der Waals surface area contributed by atoms with Crippen LogP contribution in [0.3, 0.4) is 0 Å². The Morgan fingerprint density at radius 2 is 1.73 bits per heavy atom. The van der Waals surface area contributed by atoms with Crippen LogP contribution in [0.25, 0.3) is 16.7 Å². The Bertz CT molecular complexity index is 1290. The van der Waals surface area contributed by atoms with E-state index in [1.165, 1.54) is 0 Å². The number of halogens is 1. The first kappa shape index (κ1) is 22.7.